The Balaban J connectivity index is 1.60. The first-order valence-electron chi connectivity index (χ1n) is 7.17. The van der Waals surface area contributed by atoms with Gasteiger partial charge in [0.05, 0.1) is 13.0 Å². The van der Waals surface area contributed by atoms with Crippen LogP contribution in [0, 0.1) is 11.2 Å². The highest BCUT2D eigenvalue weighted by molar-refractivity contribution is 5.70. The van der Waals surface area contributed by atoms with E-state index in [0.29, 0.717) is 13.0 Å². The molecule has 0 aromatic heterocycles. The maximum absolute atomic E-state index is 13.0. The Morgan fingerprint density at radius 2 is 1.95 bits per heavy atom. The molecule has 4 heteroatoms. The smallest absolute Gasteiger partial charge is 0.307 e. The summed E-state index contributed by atoms with van der Waals surface area (Å²) < 4.78 is 17.9. The first-order valence-corrected chi connectivity index (χ1v) is 7.17. The van der Waals surface area contributed by atoms with Crippen LogP contribution >= 0.6 is 0 Å². The topological polar surface area (TPSA) is 52.3 Å². The summed E-state index contributed by atoms with van der Waals surface area (Å²) in [5, 5.41) is 0. The second kappa shape index (κ2) is 4.55. The van der Waals surface area contributed by atoms with Crippen LogP contribution in [0.3, 0.4) is 0 Å². The van der Waals surface area contributed by atoms with Gasteiger partial charge in [0.1, 0.15) is 5.82 Å². The summed E-state index contributed by atoms with van der Waals surface area (Å²) in [7, 11) is 0. The van der Waals surface area contributed by atoms with Crippen LogP contribution < -0.4 is 5.73 Å². The molecule has 1 aromatic carbocycles. The highest BCUT2D eigenvalue weighted by Gasteiger charge is 2.70. The van der Waals surface area contributed by atoms with Gasteiger partial charge >= 0.3 is 5.97 Å². The molecule has 3 saturated carbocycles. The van der Waals surface area contributed by atoms with Crippen LogP contribution in [0.2, 0.25) is 0 Å². The van der Waals surface area contributed by atoms with E-state index in [1.165, 1.54) is 17.7 Å². The number of carbonyl (C=O) groups excluding carboxylic acids is 1. The van der Waals surface area contributed by atoms with E-state index >= 15 is 0 Å². The molecule has 0 heterocycles. The van der Waals surface area contributed by atoms with Gasteiger partial charge in [-0.2, -0.15) is 0 Å². The van der Waals surface area contributed by atoms with Gasteiger partial charge in [-0.25, -0.2) is 4.39 Å². The number of ether oxygens (including phenoxy) is 1. The molecule has 1 atom stereocenters. The van der Waals surface area contributed by atoms with Crippen molar-refractivity contribution < 1.29 is 13.9 Å². The van der Waals surface area contributed by atoms with Crippen molar-refractivity contribution in [2.75, 3.05) is 6.61 Å². The minimum Gasteiger partial charge on any atom is -0.466 e. The van der Waals surface area contributed by atoms with Crippen LogP contribution in [0.25, 0.3) is 0 Å². The fourth-order valence-electron chi connectivity index (χ4n) is 3.99. The average Bonchev–Trinajstić information content (AvgIpc) is 2.28. The van der Waals surface area contributed by atoms with Gasteiger partial charge in [-0.1, -0.05) is 12.1 Å². The number of nitrogens with two attached hydrogens (primary N) is 1. The zero-order valence-electron chi connectivity index (χ0n) is 11.7. The lowest BCUT2D eigenvalue weighted by Gasteiger charge is -2.73. The van der Waals surface area contributed by atoms with Crippen molar-refractivity contribution in [3.8, 4) is 0 Å². The van der Waals surface area contributed by atoms with Crippen molar-refractivity contribution in [2.45, 2.75) is 44.1 Å². The summed E-state index contributed by atoms with van der Waals surface area (Å²) in [5.74, 6) is -0.408. The van der Waals surface area contributed by atoms with Gasteiger partial charge in [0.25, 0.3) is 0 Å². The second-order valence-electron chi connectivity index (χ2n) is 6.30. The zero-order valence-corrected chi connectivity index (χ0v) is 11.7. The first kappa shape index (κ1) is 13.6. The quantitative estimate of drug-likeness (QED) is 0.841. The number of halogens is 1. The van der Waals surface area contributed by atoms with Gasteiger partial charge in [-0.05, 0) is 54.7 Å². The van der Waals surface area contributed by atoms with E-state index < -0.39 is 0 Å². The SMILES string of the molecule is CCOC(=O)CC(N)C12CC(c3ccc(F)cc3)(C1)C2. The molecule has 0 radical (unpaired) electrons. The molecule has 2 N–H and O–H groups in total. The van der Waals surface area contributed by atoms with E-state index in [1.54, 1.807) is 6.92 Å². The Hall–Kier alpha value is -1.42. The van der Waals surface area contributed by atoms with Gasteiger partial charge in [-0.3, -0.25) is 4.79 Å². The predicted molar refractivity (Wildman–Crippen MR) is 73.6 cm³/mol. The van der Waals surface area contributed by atoms with Gasteiger partial charge in [0.15, 0.2) is 0 Å². The van der Waals surface area contributed by atoms with Crippen molar-refractivity contribution in [1.82, 2.24) is 0 Å². The Bertz CT molecular complexity index is 506. The van der Waals surface area contributed by atoms with Crippen molar-refractivity contribution in [2.24, 2.45) is 11.1 Å². The number of rotatable bonds is 5. The molecule has 108 valence electrons. The Morgan fingerprint density at radius 1 is 1.35 bits per heavy atom. The van der Waals surface area contributed by atoms with E-state index in [1.807, 2.05) is 12.1 Å². The van der Waals surface area contributed by atoms with E-state index in [9.17, 15) is 9.18 Å². The summed E-state index contributed by atoms with van der Waals surface area (Å²) in [4.78, 5) is 11.5. The molecule has 1 aromatic rings. The van der Waals surface area contributed by atoms with Crippen LogP contribution in [-0.4, -0.2) is 18.6 Å². The summed E-state index contributed by atoms with van der Waals surface area (Å²) >= 11 is 0. The molecule has 3 aliphatic rings. The predicted octanol–water partition coefficient (Wildman–Crippen LogP) is 2.53. The van der Waals surface area contributed by atoms with E-state index in [4.69, 9.17) is 10.5 Å². The molecule has 3 aliphatic carbocycles. The average molecular weight is 277 g/mol. The van der Waals surface area contributed by atoms with Crippen molar-refractivity contribution in [3.63, 3.8) is 0 Å². The third-order valence-electron chi connectivity index (χ3n) is 5.01. The molecule has 1 unspecified atom stereocenters. The first-order chi connectivity index (χ1) is 9.50. The molecule has 2 bridgehead atoms. The van der Waals surface area contributed by atoms with Gasteiger partial charge in [0.2, 0.25) is 0 Å². The van der Waals surface area contributed by atoms with Crippen LogP contribution in [0.5, 0.6) is 0 Å². The van der Waals surface area contributed by atoms with Crippen LogP contribution in [0.15, 0.2) is 24.3 Å². The van der Waals surface area contributed by atoms with Gasteiger partial charge < -0.3 is 10.5 Å². The summed E-state index contributed by atoms with van der Waals surface area (Å²) in [5.41, 5.74) is 7.66. The molecule has 0 saturated heterocycles. The van der Waals surface area contributed by atoms with Crippen molar-refractivity contribution >= 4 is 5.97 Å². The van der Waals surface area contributed by atoms with Crippen molar-refractivity contribution in [1.29, 1.82) is 0 Å². The third-order valence-corrected chi connectivity index (χ3v) is 5.01. The highest BCUT2D eigenvalue weighted by Crippen LogP contribution is 2.74. The van der Waals surface area contributed by atoms with Crippen LogP contribution in [0.4, 0.5) is 4.39 Å². The third kappa shape index (κ3) is 1.94. The van der Waals surface area contributed by atoms with E-state index in [2.05, 4.69) is 0 Å². The standard InChI is InChI=1S/C16H20FNO2/c1-2-20-14(19)7-13(18)16-8-15(9-16,10-16)11-3-5-12(17)6-4-11/h3-6,13H,2,7-10,18H2,1H3. The second-order valence-corrected chi connectivity index (χ2v) is 6.30. The monoisotopic (exact) mass is 277 g/mol. The fourth-order valence-corrected chi connectivity index (χ4v) is 3.99. The summed E-state index contributed by atoms with van der Waals surface area (Å²) in [6.45, 7) is 2.20. The minimum atomic E-state index is -0.208. The lowest BCUT2D eigenvalue weighted by Crippen LogP contribution is -2.71. The number of benzene rings is 1. The number of esters is 1. The molecular weight excluding hydrogens is 257 g/mol. The largest absolute Gasteiger partial charge is 0.466 e. The molecule has 20 heavy (non-hydrogen) atoms. The molecule has 0 amide bonds. The van der Waals surface area contributed by atoms with E-state index in [0.717, 1.165) is 19.3 Å². The van der Waals surface area contributed by atoms with E-state index in [-0.39, 0.29) is 28.7 Å². The molecule has 0 aliphatic heterocycles. The molecule has 3 nitrogen and oxygen atoms in total. The highest BCUT2D eigenvalue weighted by atomic mass is 19.1. The molecule has 0 spiro atoms. The normalized spacial score (nSPS) is 31.9. The zero-order chi connectivity index (χ0) is 14.4. The maximum Gasteiger partial charge on any atom is 0.307 e. The number of hydrogen-bond donors (Lipinski definition) is 1. The summed E-state index contributed by atoms with van der Waals surface area (Å²) in [6, 6.07) is 6.65. The molecule has 3 fully saturated rings. The Kier molecular flexibility index (Phi) is 3.09. The number of hydrogen-bond acceptors (Lipinski definition) is 3. The Morgan fingerprint density at radius 3 is 2.50 bits per heavy atom. The lowest BCUT2D eigenvalue weighted by atomic mass is 9.31. The fraction of sp³-hybridized carbons (Fsp3) is 0.562. The van der Waals surface area contributed by atoms with Crippen molar-refractivity contribution in [3.05, 3.63) is 35.6 Å². The van der Waals surface area contributed by atoms with Crippen LogP contribution in [0.1, 0.15) is 38.2 Å². The maximum atomic E-state index is 13.0. The molecular formula is C16H20FNO2. The molecule has 4 rings (SSSR count). The lowest BCUT2D eigenvalue weighted by molar-refractivity contribution is -0.168. The summed E-state index contributed by atoms with van der Waals surface area (Å²) in [6.07, 6.45) is 3.32. The number of carbonyl (C=O) groups is 1. The van der Waals surface area contributed by atoms with Crippen LogP contribution in [-0.2, 0) is 14.9 Å². The van der Waals surface area contributed by atoms with Gasteiger partial charge in [-0.15, -0.1) is 0 Å². The van der Waals surface area contributed by atoms with Gasteiger partial charge in [0, 0.05) is 6.04 Å². The Labute approximate surface area is 118 Å². The minimum absolute atomic E-state index is 0.0984.